The number of hydrogen-bond donors (Lipinski definition) is 0. The van der Waals surface area contributed by atoms with Crippen molar-refractivity contribution in [3.05, 3.63) is 17.8 Å². The van der Waals surface area contributed by atoms with E-state index in [0.717, 1.165) is 11.5 Å². The standard InChI is InChI=1S/C8H10ClNO/c1-8(2-3-8)7-6(4-9)10-5-11-7/h5H,2-4H2,1H3. The van der Waals surface area contributed by atoms with Crippen LogP contribution in [0.1, 0.15) is 31.2 Å². The summed E-state index contributed by atoms with van der Waals surface area (Å²) in [6.07, 6.45) is 3.88. The fourth-order valence-corrected chi connectivity index (χ4v) is 1.46. The summed E-state index contributed by atoms with van der Waals surface area (Å²) in [4.78, 5) is 4.04. The lowest BCUT2D eigenvalue weighted by Crippen LogP contribution is -2.00. The number of oxazole rings is 1. The molecular weight excluding hydrogens is 162 g/mol. The molecule has 1 saturated carbocycles. The van der Waals surface area contributed by atoms with Crippen molar-refractivity contribution in [2.24, 2.45) is 0 Å². The molecule has 60 valence electrons. The van der Waals surface area contributed by atoms with Crippen LogP contribution in [0.5, 0.6) is 0 Å². The van der Waals surface area contributed by atoms with Gasteiger partial charge in [-0.15, -0.1) is 11.6 Å². The summed E-state index contributed by atoms with van der Waals surface area (Å²) in [5.74, 6) is 1.45. The van der Waals surface area contributed by atoms with Gasteiger partial charge in [0.05, 0.1) is 11.6 Å². The van der Waals surface area contributed by atoms with Crippen LogP contribution in [0.3, 0.4) is 0 Å². The minimum Gasteiger partial charge on any atom is -0.448 e. The Morgan fingerprint density at radius 2 is 2.45 bits per heavy atom. The van der Waals surface area contributed by atoms with Gasteiger partial charge in [0.25, 0.3) is 0 Å². The first-order valence-corrected chi connectivity index (χ1v) is 4.28. The summed E-state index contributed by atoms with van der Waals surface area (Å²) in [7, 11) is 0. The van der Waals surface area contributed by atoms with Crippen LogP contribution in [0.15, 0.2) is 10.8 Å². The normalized spacial score (nSPS) is 20.2. The zero-order valence-electron chi connectivity index (χ0n) is 6.43. The maximum Gasteiger partial charge on any atom is 0.181 e. The highest BCUT2D eigenvalue weighted by molar-refractivity contribution is 6.16. The van der Waals surface area contributed by atoms with Crippen LogP contribution in [-0.2, 0) is 11.3 Å². The smallest absolute Gasteiger partial charge is 0.181 e. The van der Waals surface area contributed by atoms with Crippen molar-refractivity contribution in [1.29, 1.82) is 0 Å². The molecule has 0 unspecified atom stereocenters. The van der Waals surface area contributed by atoms with Gasteiger partial charge in [0.2, 0.25) is 0 Å². The zero-order valence-corrected chi connectivity index (χ0v) is 7.19. The van der Waals surface area contributed by atoms with Crippen LogP contribution in [0, 0.1) is 0 Å². The molecule has 2 rings (SSSR count). The van der Waals surface area contributed by atoms with Crippen molar-refractivity contribution in [1.82, 2.24) is 4.98 Å². The van der Waals surface area contributed by atoms with Crippen LogP contribution in [0.25, 0.3) is 0 Å². The highest BCUT2D eigenvalue weighted by Gasteiger charge is 2.43. The molecule has 0 spiro atoms. The van der Waals surface area contributed by atoms with Crippen LogP contribution in [0.2, 0.25) is 0 Å². The first-order valence-electron chi connectivity index (χ1n) is 3.75. The highest BCUT2D eigenvalue weighted by Crippen LogP contribution is 2.48. The van der Waals surface area contributed by atoms with Crippen molar-refractivity contribution >= 4 is 11.6 Å². The van der Waals surface area contributed by atoms with Crippen molar-refractivity contribution in [3.8, 4) is 0 Å². The zero-order chi connectivity index (χ0) is 7.90. The Balaban J connectivity index is 2.36. The summed E-state index contributed by atoms with van der Waals surface area (Å²) in [5, 5.41) is 0. The Bertz CT molecular complexity index is 265. The monoisotopic (exact) mass is 171 g/mol. The molecule has 0 saturated heterocycles. The molecule has 1 aliphatic carbocycles. The Labute approximate surface area is 70.6 Å². The lowest BCUT2D eigenvalue weighted by atomic mass is 10.1. The summed E-state index contributed by atoms with van der Waals surface area (Å²) < 4.78 is 5.29. The molecule has 1 aliphatic rings. The number of nitrogens with zero attached hydrogens (tertiary/aromatic N) is 1. The van der Waals surface area contributed by atoms with Crippen molar-refractivity contribution in [2.45, 2.75) is 31.1 Å². The first-order chi connectivity index (χ1) is 5.26. The Kier molecular flexibility index (Phi) is 1.46. The van der Waals surface area contributed by atoms with E-state index in [9.17, 15) is 0 Å². The van der Waals surface area contributed by atoms with Gasteiger partial charge in [-0.1, -0.05) is 6.92 Å². The molecule has 3 heteroatoms. The molecule has 0 aromatic carbocycles. The van der Waals surface area contributed by atoms with Crippen molar-refractivity contribution in [2.75, 3.05) is 0 Å². The van der Waals surface area contributed by atoms with Gasteiger partial charge in [0.15, 0.2) is 6.39 Å². The predicted octanol–water partition coefficient (Wildman–Crippen LogP) is 2.46. The second-order valence-electron chi connectivity index (χ2n) is 3.32. The van der Waals surface area contributed by atoms with E-state index in [4.69, 9.17) is 16.0 Å². The molecule has 0 aliphatic heterocycles. The van der Waals surface area contributed by atoms with Crippen LogP contribution in [0.4, 0.5) is 0 Å². The highest BCUT2D eigenvalue weighted by atomic mass is 35.5. The summed E-state index contributed by atoms with van der Waals surface area (Å²) in [5.41, 5.74) is 1.16. The average molecular weight is 172 g/mol. The molecule has 0 atom stereocenters. The molecule has 0 amide bonds. The van der Waals surface area contributed by atoms with Gasteiger partial charge in [-0.3, -0.25) is 0 Å². The number of rotatable bonds is 2. The topological polar surface area (TPSA) is 26.0 Å². The van der Waals surface area contributed by atoms with Crippen LogP contribution < -0.4 is 0 Å². The Hall–Kier alpha value is -0.500. The number of alkyl halides is 1. The van der Waals surface area contributed by atoms with Gasteiger partial charge >= 0.3 is 0 Å². The van der Waals surface area contributed by atoms with E-state index >= 15 is 0 Å². The lowest BCUT2D eigenvalue weighted by molar-refractivity contribution is 0.460. The summed E-state index contributed by atoms with van der Waals surface area (Å²) in [6.45, 7) is 2.18. The minimum atomic E-state index is 0.251. The van der Waals surface area contributed by atoms with Crippen LogP contribution >= 0.6 is 11.6 Å². The number of aromatic nitrogens is 1. The molecule has 1 fully saturated rings. The second kappa shape index (κ2) is 2.24. The molecule has 1 heterocycles. The second-order valence-corrected chi connectivity index (χ2v) is 3.59. The molecule has 1 aromatic rings. The number of halogens is 1. The fourth-order valence-electron chi connectivity index (χ4n) is 1.27. The van der Waals surface area contributed by atoms with E-state index in [-0.39, 0.29) is 5.41 Å². The molecule has 0 bridgehead atoms. The van der Waals surface area contributed by atoms with Crippen LogP contribution in [-0.4, -0.2) is 4.98 Å². The van der Waals surface area contributed by atoms with Crippen molar-refractivity contribution in [3.63, 3.8) is 0 Å². The van der Waals surface area contributed by atoms with Gasteiger partial charge in [-0.05, 0) is 12.8 Å². The maximum absolute atomic E-state index is 5.68. The largest absolute Gasteiger partial charge is 0.448 e. The Morgan fingerprint density at radius 1 is 1.73 bits per heavy atom. The van der Waals surface area contributed by atoms with Gasteiger partial charge < -0.3 is 4.42 Å². The van der Waals surface area contributed by atoms with E-state index in [1.54, 1.807) is 0 Å². The van der Waals surface area contributed by atoms with E-state index in [1.165, 1.54) is 19.2 Å². The van der Waals surface area contributed by atoms with Crippen molar-refractivity contribution < 1.29 is 4.42 Å². The van der Waals surface area contributed by atoms with Gasteiger partial charge in [-0.2, -0.15) is 0 Å². The third-order valence-corrected chi connectivity index (χ3v) is 2.57. The number of hydrogen-bond acceptors (Lipinski definition) is 2. The first kappa shape index (κ1) is 7.17. The third kappa shape index (κ3) is 1.06. The Morgan fingerprint density at radius 3 is 3.00 bits per heavy atom. The average Bonchev–Trinajstić information content (AvgIpc) is 2.61. The molecule has 0 N–H and O–H groups in total. The molecule has 1 aromatic heterocycles. The predicted molar refractivity (Wildman–Crippen MR) is 42.6 cm³/mol. The summed E-state index contributed by atoms with van der Waals surface area (Å²) in [6, 6.07) is 0. The molecule has 11 heavy (non-hydrogen) atoms. The van der Waals surface area contributed by atoms with E-state index in [2.05, 4.69) is 11.9 Å². The molecule has 0 radical (unpaired) electrons. The maximum atomic E-state index is 5.68. The third-order valence-electron chi connectivity index (χ3n) is 2.32. The molecule has 2 nitrogen and oxygen atoms in total. The van der Waals surface area contributed by atoms with E-state index < -0.39 is 0 Å². The van der Waals surface area contributed by atoms with Gasteiger partial charge in [-0.25, -0.2) is 4.98 Å². The van der Waals surface area contributed by atoms with Gasteiger partial charge in [0.1, 0.15) is 5.76 Å². The quantitative estimate of drug-likeness (QED) is 0.639. The van der Waals surface area contributed by atoms with E-state index in [1.807, 2.05) is 0 Å². The van der Waals surface area contributed by atoms with E-state index in [0.29, 0.717) is 5.88 Å². The van der Waals surface area contributed by atoms with Gasteiger partial charge in [0, 0.05) is 5.41 Å². The lowest BCUT2D eigenvalue weighted by Gasteiger charge is -2.03. The SMILES string of the molecule is CC1(c2ocnc2CCl)CC1. The fraction of sp³-hybridized carbons (Fsp3) is 0.625. The minimum absolute atomic E-state index is 0.251. The summed E-state index contributed by atoms with van der Waals surface area (Å²) >= 11 is 5.68. The molecular formula is C8H10ClNO.